The van der Waals surface area contributed by atoms with Crippen molar-refractivity contribution in [2.45, 2.75) is 39.4 Å². The molecule has 1 atom stereocenters. The molecule has 1 aromatic carbocycles. The molecule has 0 N–H and O–H groups in total. The molecule has 0 bridgehead atoms. The van der Waals surface area contributed by atoms with Crippen LogP contribution >= 0.6 is 0 Å². The fourth-order valence-corrected chi connectivity index (χ4v) is 2.20. The molecule has 1 aliphatic rings. The highest BCUT2D eigenvalue weighted by Crippen LogP contribution is 2.17. The highest BCUT2D eigenvalue weighted by atomic mass is 16.7. The van der Waals surface area contributed by atoms with Gasteiger partial charge in [-0.05, 0) is 56.4 Å². The van der Waals surface area contributed by atoms with E-state index in [-0.39, 0.29) is 6.29 Å². The maximum absolute atomic E-state index is 5.68. The first-order chi connectivity index (χ1) is 8.74. The van der Waals surface area contributed by atoms with Crippen molar-refractivity contribution in [2.24, 2.45) is 0 Å². The van der Waals surface area contributed by atoms with Crippen LogP contribution in [-0.2, 0) is 9.47 Å². The van der Waals surface area contributed by atoms with E-state index in [0.717, 1.165) is 25.2 Å². The number of hydrogen-bond acceptors (Lipinski definition) is 3. The van der Waals surface area contributed by atoms with E-state index in [2.05, 4.69) is 19.9 Å². The van der Waals surface area contributed by atoms with Crippen molar-refractivity contribution in [1.82, 2.24) is 0 Å². The molecular weight excluding hydrogens is 228 g/mol. The van der Waals surface area contributed by atoms with Crippen LogP contribution in [0.25, 0.3) is 0 Å². The first-order valence-corrected chi connectivity index (χ1v) is 6.68. The average molecular weight is 250 g/mol. The average Bonchev–Trinajstić information content (AvgIpc) is 2.35. The summed E-state index contributed by atoms with van der Waals surface area (Å²) in [6, 6.07) is 6.23. The summed E-state index contributed by atoms with van der Waals surface area (Å²) in [4.78, 5) is 0. The van der Waals surface area contributed by atoms with E-state index in [0.29, 0.717) is 13.2 Å². The Hall–Kier alpha value is -1.06. The van der Waals surface area contributed by atoms with Gasteiger partial charge in [-0.15, -0.1) is 0 Å². The second-order valence-corrected chi connectivity index (χ2v) is 4.84. The monoisotopic (exact) mass is 250 g/mol. The van der Waals surface area contributed by atoms with Crippen molar-refractivity contribution in [3.8, 4) is 5.75 Å². The number of aryl methyl sites for hydroxylation is 2. The van der Waals surface area contributed by atoms with Crippen molar-refractivity contribution in [2.75, 3.05) is 19.8 Å². The van der Waals surface area contributed by atoms with Crippen LogP contribution < -0.4 is 4.74 Å². The van der Waals surface area contributed by atoms with E-state index in [1.807, 2.05) is 12.1 Å². The molecule has 1 saturated heterocycles. The van der Waals surface area contributed by atoms with Crippen LogP contribution in [0.15, 0.2) is 18.2 Å². The van der Waals surface area contributed by atoms with Crippen molar-refractivity contribution in [1.29, 1.82) is 0 Å². The normalized spacial score (nSPS) is 19.8. The van der Waals surface area contributed by atoms with Gasteiger partial charge in [-0.3, -0.25) is 0 Å². The summed E-state index contributed by atoms with van der Waals surface area (Å²) in [6.07, 6.45) is 3.33. The van der Waals surface area contributed by atoms with Gasteiger partial charge >= 0.3 is 0 Å². The first-order valence-electron chi connectivity index (χ1n) is 6.68. The second kappa shape index (κ2) is 6.76. The smallest absolute Gasteiger partial charge is 0.157 e. The Morgan fingerprint density at radius 1 is 1.11 bits per heavy atom. The number of benzene rings is 1. The van der Waals surface area contributed by atoms with Crippen LogP contribution in [-0.4, -0.2) is 26.1 Å². The molecule has 0 radical (unpaired) electrons. The lowest BCUT2D eigenvalue weighted by Crippen LogP contribution is -2.24. The summed E-state index contributed by atoms with van der Waals surface area (Å²) in [7, 11) is 0. The van der Waals surface area contributed by atoms with E-state index in [9.17, 15) is 0 Å². The van der Waals surface area contributed by atoms with E-state index in [1.165, 1.54) is 17.5 Å². The van der Waals surface area contributed by atoms with Crippen LogP contribution in [0.3, 0.4) is 0 Å². The zero-order valence-electron chi connectivity index (χ0n) is 11.3. The van der Waals surface area contributed by atoms with E-state index in [4.69, 9.17) is 14.2 Å². The molecule has 0 amide bonds. The standard InChI is InChI=1S/C15H22O3/c1-12-9-13(2)11-14(10-12)16-7-8-18-15-5-3-4-6-17-15/h9-11,15H,3-8H2,1-2H3/t15-/m0/s1. The summed E-state index contributed by atoms with van der Waals surface area (Å²) in [6.45, 7) is 6.13. The zero-order chi connectivity index (χ0) is 12.8. The molecule has 0 aromatic heterocycles. The van der Waals surface area contributed by atoms with Crippen molar-refractivity contribution in [3.63, 3.8) is 0 Å². The summed E-state index contributed by atoms with van der Waals surface area (Å²) in [5.41, 5.74) is 2.45. The van der Waals surface area contributed by atoms with Gasteiger partial charge in [0.15, 0.2) is 6.29 Å². The molecule has 0 unspecified atom stereocenters. The highest BCUT2D eigenvalue weighted by Gasteiger charge is 2.13. The molecule has 1 heterocycles. The minimum absolute atomic E-state index is 0.0263. The van der Waals surface area contributed by atoms with Crippen LogP contribution in [0, 0.1) is 13.8 Å². The lowest BCUT2D eigenvalue weighted by molar-refractivity contribution is -0.165. The molecule has 0 aliphatic carbocycles. The Labute approximate surface area is 109 Å². The van der Waals surface area contributed by atoms with Gasteiger partial charge in [0.1, 0.15) is 12.4 Å². The Balaban J connectivity index is 1.68. The fraction of sp³-hybridized carbons (Fsp3) is 0.600. The van der Waals surface area contributed by atoms with Crippen molar-refractivity contribution < 1.29 is 14.2 Å². The first kappa shape index (κ1) is 13.4. The molecule has 1 fully saturated rings. The van der Waals surface area contributed by atoms with Gasteiger partial charge in [-0.25, -0.2) is 0 Å². The molecule has 18 heavy (non-hydrogen) atoms. The minimum Gasteiger partial charge on any atom is -0.491 e. The fourth-order valence-electron chi connectivity index (χ4n) is 2.20. The molecule has 0 saturated carbocycles. The molecule has 3 heteroatoms. The Morgan fingerprint density at radius 2 is 1.89 bits per heavy atom. The molecule has 2 rings (SSSR count). The van der Waals surface area contributed by atoms with E-state index < -0.39 is 0 Å². The number of hydrogen-bond donors (Lipinski definition) is 0. The molecule has 3 nitrogen and oxygen atoms in total. The van der Waals surface area contributed by atoms with Gasteiger partial charge in [-0.2, -0.15) is 0 Å². The van der Waals surface area contributed by atoms with Crippen LogP contribution in [0.5, 0.6) is 5.75 Å². The number of rotatable bonds is 5. The van der Waals surface area contributed by atoms with Gasteiger partial charge in [0.2, 0.25) is 0 Å². The third kappa shape index (κ3) is 4.31. The predicted octanol–water partition coefficient (Wildman–Crippen LogP) is 3.23. The topological polar surface area (TPSA) is 27.7 Å². The van der Waals surface area contributed by atoms with Gasteiger partial charge in [0, 0.05) is 6.61 Å². The third-order valence-electron chi connectivity index (χ3n) is 2.99. The number of ether oxygens (including phenoxy) is 3. The predicted molar refractivity (Wildman–Crippen MR) is 71.0 cm³/mol. The SMILES string of the molecule is Cc1cc(C)cc(OCCO[C@H]2CCCCO2)c1. The lowest BCUT2D eigenvalue weighted by atomic mass is 10.1. The molecule has 1 aromatic rings. The van der Waals surface area contributed by atoms with Crippen LogP contribution in [0.4, 0.5) is 0 Å². The molecular formula is C15H22O3. The van der Waals surface area contributed by atoms with Gasteiger partial charge in [-0.1, -0.05) is 6.07 Å². The lowest BCUT2D eigenvalue weighted by Gasteiger charge is -2.22. The Morgan fingerprint density at radius 3 is 2.56 bits per heavy atom. The van der Waals surface area contributed by atoms with Gasteiger partial charge < -0.3 is 14.2 Å². The van der Waals surface area contributed by atoms with Crippen LogP contribution in [0.1, 0.15) is 30.4 Å². The summed E-state index contributed by atoms with van der Waals surface area (Å²) < 4.78 is 16.8. The quantitative estimate of drug-likeness (QED) is 0.751. The summed E-state index contributed by atoms with van der Waals surface area (Å²) in [5, 5.41) is 0. The minimum atomic E-state index is -0.0263. The molecule has 0 spiro atoms. The second-order valence-electron chi connectivity index (χ2n) is 4.84. The summed E-state index contributed by atoms with van der Waals surface area (Å²) >= 11 is 0. The largest absolute Gasteiger partial charge is 0.491 e. The Bertz CT molecular complexity index is 350. The molecule has 100 valence electrons. The highest BCUT2D eigenvalue weighted by molar-refractivity contribution is 5.32. The summed E-state index contributed by atoms with van der Waals surface area (Å²) in [5.74, 6) is 0.917. The van der Waals surface area contributed by atoms with Crippen LogP contribution in [0.2, 0.25) is 0 Å². The van der Waals surface area contributed by atoms with E-state index in [1.54, 1.807) is 0 Å². The van der Waals surface area contributed by atoms with Crippen molar-refractivity contribution >= 4 is 0 Å². The molecule has 1 aliphatic heterocycles. The van der Waals surface area contributed by atoms with Gasteiger partial charge in [0.25, 0.3) is 0 Å². The van der Waals surface area contributed by atoms with E-state index >= 15 is 0 Å². The maximum atomic E-state index is 5.68. The zero-order valence-corrected chi connectivity index (χ0v) is 11.3. The maximum Gasteiger partial charge on any atom is 0.157 e. The van der Waals surface area contributed by atoms with Crippen molar-refractivity contribution in [3.05, 3.63) is 29.3 Å². The third-order valence-corrected chi connectivity index (χ3v) is 2.99. The Kier molecular flexibility index (Phi) is 5.02. The van der Waals surface area contributed by atoms with Gasteiger partial charge in [0.05, 0.1) is 6.61 Å².